The van der Waals surface area contributed by atoms with Crippen molar-refractivity contribution in [3.05, 3.63) is 54.1 Å². The number of para-hydroxylation sites is 3. The maximum atomic E-state index is 12.2. The van der Waals surface area contributed by atoms with Crippen LogP contribution in [0.1, 0.15) is 19.4 Å². The molecule has 0 aliphatic heterocycles. The van der Waals surface area contributed by atoms with Gasteiger partial charge in [-0.15, -0.1) is 0 Å². The number of carbonyl (C=O) groups is 1. The molecule has 0 amide bonds. The number of fused-ring (bicyclic) bond motifs is 1. The van der Waals surface area contributed by atoms with Gasteiger partial charge in [0.2, 0.25) is 0 Å². The van der Waals surface area contributed by atoms with E-state index in [0.717, 1.165) is 33.3 Å². The van der Waals surface area contributed by atoms with Crippen molar-refractivity contribution >= 4 is 28.8 Å². The third-order valence-electron chi connectivity index (χ3n) is 3.94. The Morgan fingerprint density at radius 2 is 1.89 bits per heavy atom. The Morgan fingerprint density at radius 1 is 1.15 bits per heavy atom. The lowest BCUT2D eigenvalue weighted by molar-refractivity contribution is -0.148. The molecule has 142 valence electrons. The van der Waals surface area contributed by atoms with Gasteiger partial charge in [-0.1, -0.05) is 42.1 Å². The SMILES string of the molecule is Cc1ccccc1OCCSc1nc2ccccc2n1CC(=O)OC(C)C. The van der Waals surface area contributed by atoms with E-state index in [1.807, 2.05) is 73.9 Å². The summed E-state index contributed by atoms with van der Waals surface area (Å²) >= 11 is 1.58. The molecule has 2 aromatic carbocycles. The largest absolute Gasteiger partial charge is 0.492 e. The van der Waals surface area contributed by atoms with Crippen LogP contribution < -0.4 is 4.74 Å². The zero-order chi connectivity index (χ0) is 19.2. The Labute approximate surface area is 163 Å². The van der Waals surface area contributed by atoms with Crippen LogP contribution in [0.3, 0.4) is 0 Å². The van der Waals surface area contributed by atoms with E-state index in [0.29, 0.717) is 6.61 Å². The van der Waals surface area contributed by atoms with E-state index in [9.17, 15) is 4.79 Å². The topological polar surface area (TPSA) is 53.4 Å². The Hall–Kier alpha value is -2.47. The average molecular weight is 385 g/mol. The van der Waals surface area contributed by atoms with Crippen molar-refractivity contribution in [1.82, 2.24) is 9.55 Å². The van der Waals surface area contributed by atoms with Gasteiger partial charge in [0.15, 0.2) is 5.16 Å². The zero-order valence-electron chi connectivity index (χ0n) is 15.8. The van der Waals surface area contributed by atoms with Crippen molar-refractivity contribution in [2.24, 2.45) is 0 Å². The van der Waals surface area contributed by atoms with E-state index < -0.39 is 0 Å². The molecule has 0 radical (unpaired) electrons. The second-order valence-corrected chi connectivity index (χ2v) is 7.53. The molecule has 0 atom stereocenters. The first-order chi connectivity index (χ1) is 13.0. The van der Waals surface area contributed by atoms with Crippen LogP contribution in [0.5, 0.6) is 5.75 Å². The van der Waals surface area contributed by atoms with Crippen molar-refractivity contribution < 1.29 is 14.3 Å². The van der Waals surface area contributed by atoms with Crippen LogP contribution in [0.15, 0.2) is 53.7 Å². The van der Waals surface area contributed by atoms with Gasteiger partial charge in [0, 0.05) is 5.75 Å². The van der Waals surface area contributed by atoms with E-state index in [1.54, 1.807) is 11.8 Å². The van der Waals surface area contributed by atoms with Crippen LogP contribution in [0.4, 0.5) is 0 Å². The van der Waals surface area contributed by atoms with Crippen LogP contribution in [-0.2, 0) is 16.1 Å². The van der Waals surface area contributed by atoms with Gasteiger partial charge in [-0.2, -0.15) is 0 Å². The number of ether oxygens (including phenoxy) is 2. The second kappa shape index (κ2) is 8.95. The molecular weight excluding hydrogens is 360 g/mol. The number of hydrogen-bond acceptors (Lipinski definition) is 5. The van der Waals surface area contributed by atoms with Crippen molar-refractivity contribution in [1.29, 1.82) is 0 Å². The molecule has 3 rings (SSSR count). The molecule has 0 bridgehead atoms. The predicted octanol–water partition coefficient (Wildman–Crippen LogP) is 4.47. The van der Waals surface area contributed by atoms with Crippen LogP contribution in [0.2, 0.25) is 0 Å². The van der Waals surface area contributed by atoms with Crippen molar-refractivity contribution in [2.45, 2.75) is 38.6 Å². The molecule has 0 saturated carbocycles. The summed E-state index contributed by atoms with van der Waals surface area (Å²) < 4.78 is 13.1. The number of benzene rings is 2. The first-order valence-electron chi connectivity index (χ1n) is 9.00. The molecule has 1 aromatic heterocycles. The van der Waals surface area contributed by atoms with Crippen molar-refractivity contribution in [3.8, 4) is 5.75 Å². The number of esters is 1. The van der Waals surface area contributed by atoms with Gasteiger partial charge < -0.3 is 14.0 Å². The minimum atomic E-state index is -0.258. The minimum Gasteiger partial charge on any atom is -0.492 e. The van der Waals surface area contributed by atoms with Crippen LogP contribution in [-0.4, -0.2) is 34.0 Å². The molecule has 27 heavy (non-hydrogen) atoms. The van der Waals surface area contributed by atoms with Crippen molar-refractivity contribution in [3.63, 3.8) is 0 Å². The number of rotatable bonds is 8. The third kappa shape index (κ3) is 5.04. The lowest BCUT2D eigenvalue weighted by atomic mass is 10.2. The maximum Gasteiger partial charge on any atom is 0.326 e. The van der Waals surface area contributed by atoms with E-state index in [1.165, 1.54) is 0 Å². The molecule has 3 aromatic rings. The van der Waals surface area contributed by atoms with Crippen LogP contribution >= 0.6 is 11.8 Å². The van der Waals surface area contributed by atoms with Gasteiger partial charge in [0.25, 0.3) is 0 Å². The first kappa shape index (κ1) is 19.3. The summed E-state index contributed by atoms with van der Waals surface area (Å²) in [7, 11) is 0. The number of aromatic nitrogens is 2. The summed E-state index contributed by atoms with van der Waals surface area (Å²) in [6, 6.07) is 15.8. The Morgan fingerprint density at radius 3 is 2.67 bits per heavy atom. The highest BCUT2D eigenvalue weighted by atomic mass is 32.2. The molecule has 6 heteroatoms. The monoisotopic (exact) mass is 384 g/mol. The minimum absolute atomic E-state index is 0.133. The smallest absolute Gasteiger partial charge is 0.326 e. The molecular formula is C21H24N2O3S. The van der Waals surface area contributed by atoms with E-state index in [-0.39, 0.29) is 18.6 Å². The predicted molar refractivity (Wildman–Crippen MR) is 108 cm³/mol. The van der Waals surface area contributed by atoms with Gasteiger partial charge in [0.1, 0.15) is 12.3 Å². The van der Waals surface area contributed by atoms with E-state index in [4.69, 9.17) is 9.47 Å². The maximum absolute atomic E-state index is 12.2. The molecule has 5 nitrogen and oxygen atoms in total. The molecule has 0 N–H and O–H groups in total. The number of aryl methyl sites for hydroxylation is 1. The molecule has 0 fully saturated rings. The Kier molecular flexibility index (Phi) is 6.40. The fourth-order valence-corrected chi connectivity index (χ4v) is 3.58. The highest BCUT2D eigenvalue weighted by Crippen LogP contribution is 2.25. The average Bonchev–Trinajstić information content (AvgIpc) is 2.97. The number of nitrogens with zero attached hydrogens (tertiary/aromatic N) is 2. The van der Waals surface area contributed by atoms with Gasteiger partial charge >= 0.3 is 5.97 Å². The summed E-state index contributed by atoms with van der Waals surface area (Å²) in [4.78, 5) is 16.8. The first-order valence-corrected chi connectivity index (χ1v) is 9.99. The van der Waals surface area contributed by atoms with E-state index >= 15 is 0 Å². The molecule has 0 spiro atoms. The summed E-state index contributed by atoms with van der Waals surface area (Å²) in [6.45, 7) is 6.45. The van der Waals surface area contributed by atoms with Crippen LogP contribution in [0.25, 0.3) is 11.0 Å². The molecule has 0 saturated heterocycles. The number of hydrogen-bond donors (Lipinski definition) is 0. The van der Waals surface area contributed by atoms with Crippen molar-refractivity contribution in [2.75, 3.05) is 12.4 Å². The third-order valence-corrected chi connectivity index (χ3v) is 4.88. The van der Waals surface area contributed by atoms with Gasteiger partial charge in [-0.25, -0.2) is 4.98 Å². The molecule has 0 aliphatic carbocycles. The number of thioether (sulfide) groups is 1. The van der Waals surface area contributed by atoms with Gasteiger partial charge in [-0.05, 0) is 44.5 Å². The lowest BCUT2D eigenvalue weighted by Gasteiger charge is -2.12. The highest BCUT2D eigenvalue weighted by molar-refractivity contribution is 7.99. The summed E-state index contributed by atoms with van der Waals surface area (Å²) in [5, 5.41) is 0.797. The summed E-state index contributed by atoms with van der Waals surface area (Å²) in [5.74, 6) is 1.37. The quantitative estimate of drug-likeness (QED) is 0.326. The molecule has 0 unspecified atom stereocenters. The van der Waals surface area contributed by atoms with Crippen LogP contribution in [0, 0.1) is 6.92 Å². The fourth-order valence-electron chi connectivity index (χ4n) is 2.75. The number of carbonyl (C=O) groups excluding carboxylic acids is 1. The Bertz CT molecular complexity index is 921. The standard InChI is InChI=1S/C21H24N2O3S/c1-15(2)26-20(24)14-23-18-10-6-5-9-17(18)22-21(23)27-13-12-25-19-11-7-4-8-16(19)3/h4-11,15H,12-14H2,1-3H3. The summed E-state index contributed by atoms with van der Waals surface area (Å²) in [5.41, 5.74) is 2.92. The second-order valence-electron chi connectivity index (χ2n) is 6.47. The van der Waals surface area contributed by atoms with E-state index in [2.05, 4.69) is 4.98 Å². The molecule has 1 heterocycles. The molecule has 0 aliphatic rings. The Balaban J connectivity index is 1.68. The lowest BCUT2D eigenvalue weighted by Crippen LogP contribution is -2.18. The zero-order valence-corrected chi connectivity index (χ0v) is 16.7. The number of imidazole rings is 1. The normalized spacial score (nSPS) is 11.1. The highest BCUT2D eigenvalue weighted by Gasteiger charge is 2.15. The summed E-state index contributed by atoms with van der Waals surface area (Å²) in [6.07, 6.45) is -0.133. The fraction of sp³-hybridized carbons (Fsp3) is 0.333. The van der Waals surface area contributed by atoms with Gasteiger partial charge in [0.05, 0.1) is 23.7 Å². The van der Waals surface area contributed by atoms with Gasteiger partial charge in [-0.3, -0.25) is 4.79 Å².